The van der Waals surface area contributed by atoms with E-state index in [0.717, 1.165) is 28.8 Å². The zero-order valence-electron chi connectivity index (χ0n) is 18.7. The van der Waals surface area contributed by atoms with Gasteiger partial charge in [-0.25, -0.2) is 0 Å². The Labute approximate surface area is 182 Å². The van der Waals surface area contributed by atoms with Gasteiger partial charge in [-0.3, -0.25) is 0 Å². The van der Waals surface area contributed by atoms with Crippen LogP contribution in [0.4, 0.5) is 0 Å². The first kappa shape index (κ1) is 24.6. The highest BCUT2D eigenvalue weighted by Crippen LogP contribution is 2.15. The molecule has 0 saturated carbocycles. The normalized spacial score (nSPS) is 12.2. The van der Waals surface area contributed by atoms with Crippen molar-refractivity contribution in [1.29, 1.82) is 0 Å². The summed E-state index contributed by atoms with van der Waals surface area (Å²) in [4.78, 5) is 0. The third kappa shape index (κ3) is 5.34. The van der Waals surface area contributed by atoms with Gasteiger partial charge in [-0.15, -0.1) is 0 Å². The van der Waals surface area contributed by atoms with Crippen LogP contribution in [0.5, 0.6) is 0 Å². The third-order valence-electron chi connectivity index (χ3n) is 5.14. The summed E-state index contributed by atoms with van der Waals surface area (Å²) in [6.45, 7) is 4.25. The van der Waals surface area contributed by atoms with Crippen LogP contribution >= 0.6 is 0 Å². The molecule has 2 aromatic carbocycles. The Balaban J connectivity index is 2.04. The molecule has 0 aliphatic rings. The van der Waals surface area contributed by atoms with Crippen LogP contribution in [0.1, 0.15) is 11.1 Å². The monoisotopic (exact) mass is 448 g/mol. The summed E-state index contributed by atoms with van der Waals surface area (Å²) < 4.78 is 33.2. The highest BCUT2D eigenvalue weighted by molar-refractivity contribution is 6.75. The van der Waals surface area contributed by atoms with Crippen LogP contribution in [0.25, 0.3) is 0 Å². The molecule has 2 aromatic rings. The molecular formula is C22H32O6Si2. The molecule has 0 aliphatic heterocycles. The number of benzene rings is 2. The van der Waals surface area contributed by atoms with Crippen molar-refractivity contribution in [3.63, 3.8) is 0 Å². The van der Waals surface area contributed by atoms with Gasteiger partial charge < -0.3 is 26.6 Å². The smallest absolute Gasteiger partial charge is 0.373 e. The molecule has 0 saturated heterocycles. The van der Waals surface area contributed by atoms with Crippen molar-refractivity contribution < 1.29 is 26.6 Å². The lowest BCUT2D eigenvalue weighted by molar-refractivity contribution is 0.140. The standard InChI is InChI=1S/C22H32O6Si2/c1-18(16-19-8-12-21(13-9-19)29(23-2,24-3)25-4)17-20-10-14-22(15-11-20)30(26-5,27-6)28-7/h8-15H,1,16-17H2,2-7H3. The van der Waals surface area contributed by atoms with E-state index < -0.39 is 17.6 Å². The largest absolute Gasteiger partial charge is 0.536 e. The van der Waals surface area contributed by atoms with Crippen molar-refractivity contribution in [2.45, 2.75) is 12.8 Å². The first-order chi connectivity index (χ1) is 14.4. The van der Waals surface area contributed by atoms with Gasteiger partial charge in [0.2, 0.25) is 0 Å². The minimum Gasteiger partial charge on any atom is -0.373 e. The van der Waals surface area contributed by atoms with Gasteiger partial charge in [-0.05, 0) is 24.0 Å². The second kappa shape index (κ2) is 11.1. The zero-order valence-corrected chi connectivity index (χ0v) is 20.7. The van der Waals surface area contributed by atoms with Crippen LogP contribution in [0.15, 0.2) is 60.7 Å². The average molecular weight is 449 g/mol. The van der Waals surface area contributed by atoms with Gasteiger partial charge in [0, 0.05) is 53.0 Å². The van der Waals surface area contributed by atoms with E-state index in [1.165, 1.54) is 11.1 Å². The predicted molar refractivity (Wildman–Crippen MR) is 122 cm³/mol. The van der Waals surface area contributed by atoms with Crippen LogP contribution in [0, 0.1) is 0 Å². The fourth-order valence-electron chi connectivity index (χ4n) is 3.50. The second-order valence-electron chi connectivity index (χ2n) is 6.83. The summed E-state index contributed by atoms with van der Waals surface area (Å²) in [5.74, 6) is 0. The van der Waals surface area contributed by atoms with Gasteiger partial charge in [0.1, 0.15) is 0 Å². The molecule has 6 nitrogen and oxygen atoms in total. The van der Waals surface area contributed by atoms with Crippen molar-refractivity contribution in [3.8, 4) is 0 Å². The first-order valence-electron chi connectivity index (χ1n) is 9.58. The van der Waals surface area contributed by atoms with Crippen molar-refractivity contribution in [2.75, 3.05) is 42.7 Å². The Morgan fingerprint density at radius 2 is 0.833 bits per heavy atom. The molecule has 164 valence electrons. The van der Waals surface area contributed by atoms with E-state index in [1.54, 1.807) is 42.7 Å². The second-order valence-corrected chi connectivity index (χ2v) is 12.7. The number of hydrogen-bond donors (Lipinski definition) is 0. The molecule has 0 atom stereocenters. The van der Waals surface area contributed by atoms with E-state index in [4.69, 9.17) is 26.6 Å². The molecule has 0 spiro atoms. The third-order valence-corrected chi connectivity index (χ3v) is 10.4. The van der Waals surface area contributed by atoms with Crippen LogP contribution in [-0.2, 0) is 39.4 Å². The maximum absolute atomic E-state index is 5.53. The van der Waals surface area contributed by atoms with Crippen molar-refractivity contribution in [3.05, 3.63) is 71.8 Å². The van der Waals surface area contributed by atoms with Crippen LogP contribution in [0.2, 0.25) is 0 Å². The Kier molecular flexibility index (Phi) is 9.14. The Hall–Kier alpha value is -1.63. The minimum absolute atomic E-state index is 0.788. The molecule has 30 heavy (non-hydrogen) atoms. The Morgan fingerprint density at radius 3 is 1.07 bits per heavy atom. The van der Waals surface area contributed by atoms with Crippen molar-refractivity contribution in [2.24, 2.45) is 0 Å². The van der Waals surface area contributed by atoms with Gasteiger partial charge in [-0.2, -0.15) is 0 Å². The van der Waals surface area contributed by atoms with E-state index in [0.29, 0.717) is 0 Å². The van der Waals surface area contributed by atoms with Crippen molar-refractivity contribution in [1.82, 2.24) is 0 Å². The summed E-state index contributed by atoms with van der Waals surface area (Å²) in [5, 5.41) is 1.86. The van der Waals surface area contributed by atoms with E-state index in [9.17, 15) is 0 Å². The van der Waals surface area contributed by atoms with Crippen LogP contribution < -0.4 is 10.4 Å². The van der Waals surface area contributed by atoms with Gasteiger partial charge >= 0.3 is 17.6 Å². The fraction of sp³-hybridized carbons (Fsp3) is 0.364. The van der Waals surface area contributed by atoms with Gasteiger partial charge in [-0.1, -0.05) is 60.7 Å². The summed E-state index contributed by atoms with van der Waals surface area (Å²) in [5.41, 5.74) is 3.48. The molecule has 0 bridgehead atoms. The summed E-state index contributed by atoms with van der Waals surface area (Å²) in [6.07, 6.45) is 1.58. The zero-order chi connectivity index (χ0) is 22.2. The molecule has 0 aromatic heterocycles. The summed E-state index contributed by atoms with van der Waals surface area (Å²) >= 11 is 0. The SMILES string of the molecule is C=C(Cc1ccc([Si](OC)(OC)OC)cc1)Cc1ccc([Si](OC)(OC)OC)cc1. The lowest BCUT2D eigenvalue weighted by atomic mass is 10.00. The highest BCUT2D eigenvalue weighted by atomic mass is 28.4. The van der Waals surface area contributed by atoms with Gasteiger partial charge in [0.15, 0.2) is 0 Å². The topological polar surface area (TPSA) is 55.4 Å². The van der Waals surface area contributed by atoms with E-state index in [1.807, 2.05) is 24.3 Å². The molecule has 2 rings (SSSR count). The van der Waals surface area contributed by atoms with Gasteiger partial charge in [0.05, 0.1) is 0 Å². The Bertz CT molecular complexity index is 715. The molecule has 0 fully saturated rings. The summed E-state index contributed by atoms with van der Waals surface area (Å²) in [7, 11) is 4.06. The van der Waals surface area contributed by atoms with Crippen LogP contribution in [0.3, 0.4) is 0 Å². The maximum atomic E-state index is 5.53. The first-order valence-corrected chi connectivity index (χ1v) is 13.0. The number of rotatable bonds is 12. The van der Waals surface area contributed by atoms with Crippen molar-refractivity contribution >= 4 is 28.0 Å². The van der Waals surface area contributed by atoms with E-state index in [-0.39, 0.29) is 0 Å². The lowest BCUT2D eigenvalue weighted by Gasteiger charge is -2.24. The molecule has 0 N–H and O–H groups in total. The van der Waals surface area contributed by atoms with Gasteiger partial charge in [0.25, 0.3) is 0 Å². The molecule has 0 unspecified atom stereocenters. The molecular weight excluding hydrogens is 416 g/mol. The van der Waals surface area contributed by atoms with E-state index in [2.05, 4.69) is 30.8 Å². The highest BCUT2D eigenvalue weighted by Gasteiger charge is 2.41. The quantitative estimate of drug-likeness (QED) is 0.367. The molecule has 8 heteroatoms. The van der Waals surface area contributed by atoms with E-state index >= 15 is 0 Å². The molecule has 0 radical (unpaired) electrons. The molecule has 0 amide bonds. The minimum atomic E-state index is -2.80. The number of allylic oxidation sites excluding steroid dienone is 1. The lowest BCUT2D eigenvalue weighted by Crippen LogP contribution is -2.54. The fourth-order valence-corrected chi connectivity index (χ4v) is 7.06. The Morgan fingerprint density at radius 1 is 0.567 bits per heavy atom. The number of hydrogen-bond acceptors (Lipinski definition) is 6. The maximum Gasteiger partial charge on any atom is 0.536 e. The summed E-state index contributed by atoms with van der Waals surface area (Å²) in [6, 6.07) is 16.3. The van der Waals surface area contributed by atoms with Crippen LogP contribution in [-0.4, -0.2) is 60.3 Å². The average Bonchev–Trinajstić information content (AvgIpc) is 2.79. The molecule has 0 heterocycles. The predicted octanol–water partition coefficient (Wildman–Crippen LogP) is 2.20. The molecule has 0 aliphatic carbocycles.